The lowest BCUT2D eigenvalue weighted by Crippen LogP contribution is -2.53. The fourth-order valence-corrected chi connectivity index (χ4v) is 6.94. The minimum absolute atomic E-state index is 0.0264. The van der Waals surface area contributed by atoms with E-state index in [1.165, 1.54) is 7.11 Å². The van der Waals surface area contributed by atoms with Crippen molar-refractivity contribution in [3.8, 4) is 11.1 Å². The van der Waals surface area contributed by atoms with E-state index >= 15 is 0 Å². The number of rotatable bonds is 9. The molecule has 4 heterocycles. The van der Waals surface area contributed by atoms with Crippen LogP contribution in [-0.4, -0.2) is 84.0 Å². The van der Waals surface area contributed by atoms with Crippen LogP contribution in [0.5, 0.6) is 0 Å². The number of hydrogen-bond donors (Lipinski definition) is 2. The van der Waals surface area contributed by atoms with Crippen molar-refractivity contribution >= 4 is 40.5 Å². The van der Waals surface area contributed by atoms with E-state index in [1.807, 2.05) is 36.0 Å². The van der Waals surface area contributed by atoms with Gasteiger partial charge >= 0.3 is 6.09 Å². The molecule has 0 spiro atoms. The van der Waals surface area contributed by atoms with Crippen LogP contribution < -0.4 is 11.1 Å². The molecule has 2 aromatic carbocycles. The van der Waals surface area contributed by atoms with E-state index in [4.69, 9.17) is 15.5 Å². The predicted molar refractivity (Wildman–Crippen MR) is 185 cm³/mol. The predicted octanol–water partition coefficient (Wildman–Crippen LogP) is 5.05. The largest absolute Gasteiger partial charge is 0.453 e. The van der Waals surface area contributed by atoms with Gasteiger partial charge in [0.15, 0.2) is 0 Å². The number of nitrogens with zero attached hydrogens (tertiary/aromatic N) is 4. The van der Waals surface area contributed by atoms with Gasteiger partial charge in [-0.3, -0.25) is 19.6 Å². The van der Waals surface area contributed by atoms with Gasteiger partial charge in [-0.1, -0.05) is 62.4 Å². The molecule has 2 aromatic rings. The molecule has 0 aliphatic carbocycles. The third-order valence-corrected chi connectivity index (χ3v) is 9.66. The van der Waals surface area contributed by atoms with E-state index in [9.17, 15) is 14.4 Å². The zero-order valence-corrected chi connectivity index (χ0v) is 27.4. The Morgan fingerprint density at radius 3 is 2.13 bits per heavy atom. The molecule has 6 rings (SSSR count). The highest BCUT2D eigenvalue weighted by molar-refractivity contribution is 6.04. The second-order valence-electron chi connectivity index (χ2n) is 13.2. The molecule has 246 valence electrons. The van der Waals surface area contributed by atoms with E-state index in [0.29, 0.717) is 19.5 Å². The number of alkyl carbamates (subject to hydrolysis) is 1. The maximum atomic E-state index is 13.5. The van der Waals surface area contributed by atoms with Crippen molar-refractivity contribution in [1.82, 2.24) is 15.1 Å². The number of piperidine rings is 1. The normalized spacial score (nSPS) is 21.8. The van der Waals surface area contributed by atoms with Crippen molar-refractivity contribution in [1.29, 1.82) is 0 Å². The molecule has 0 aromatic heterocycles. The second-order valence-corrected chi connectivity index (χ2v) is 13.2. The first kappa shape index (κ1) is 32.4. The van der Waals surface area contributed by atoms with E-state index in [2.05, 4.69) is 58.8 Å². The third-order valence-electron chi connectivity index (χ3n) is 9.66. The van der Waals surface area contributed by atoms with Crippen molar-refractivity contribution in [2.45, 2.75) is 70.5 Å². The highest BCUT2D eigenvalue weighted by Crippen LogP contribution is 2.32. The van der Waals surface area contributed by atoms with Gasteiger partial charge in [0.05, 0.1) is 25.7 Å². The molecule has 2 saturated heterocycles. The molecule has 10 heteroatoms. The van der Waals surface area contributed by atoms with E-state index in [-0.39, 0.29) is 29.8 Å². The van der Waals surface area contributed by atoms with Crippen LogP contribution in [0.2, 0.25) is 0 Å². The molecule has 47 heavy (non-hydrogen) atoms. The monoisotopic (exact) mass is 636 g/mol. The number of methoxy groups -OCH3 is 1. The van der Waals surface area contributed by atoms with Gasteiger partial charge in [0, 0.05) is 49.8 Å². The fraction of sp³-hybridized carbons (Fsp3) is 0.432. The smallest absolute Gasteiger partial charge is 0.407 e. The topological polar surface area (TPSA) is 130 Å². The summed E-state index contributed by atoms with van der Waals surface area (Å²) in [6.45, 7) is 5.79. The first-order chi connectivity index (χ1) is 22.7. The summed E-state index contributed by atoms with van der Waals surface area (Å²) in [5.41, 5.74) is 14.7. The summed E-state index contributed by atoms with van der Waals surface area (Å²) >= 11 is 0. The Balaban J connectivity index is 1.03. The molecule has 0 unspecified atom stereocenters. The fourth-order valence-electron chi connectivity index (χ4n) is 6.94. The minimum Gasteiger partial charge on any atom is -0.453 e. The van der Waals surface area contributed by atoms with Gasteiger partial charge in [-0.15, -0.1) is 0 Å². The standard InChI is InChI=1S/C37H44N6O4/c1-23(2)34(41-37(46)47-3)36(45)43-17-5-7-33(43)32-19-29(21-40-32)27-14-10-25(11-15-27)24-8-12-26(13-9-24)28-18-30(39-20-28)22-42-16-4-6-31(38)35(42)44/h8-15,20-21,23,31,33-34H,4-7,16-19,22,38H2,1-3H3,(H,41,46)/t31-,33+,34+/m1/s1. The van der Waals surface area contributed by atoms with Gasteiger partial charge in [0.1, 0.15) is 6.04 Å². The molecule has 4 aliphatic heterocycles. The molecule has 0 radical (unpaired) electrons. The zero-order chi connectivity index (χ0) is 33.1. The molecule has 4 aliphatic rings. The molecule has 2 fully saturated rings. The lowest BCUT2D eigenvalue weighted by molar-refractivity contribution is -0.134. The SMILES string of the molecule is COC(=O)N[C@H](C(=O)N1CCC[C@H]1C1=NC=C(c2ccc(-c3ccc(C4=CN=C(CN5CCC[C@@H](N)C5=O)C4)cc3)cc2)C1)C(C)C. The van der Waals surface area contributed by atoms with E-state index < -0.39 is 12.1 Å². The number of allylic oxidation sites excluding steroid dienone is 2. The average molecular weight is 637 g/mol. The Morgan fingerprint density at radius 2 is 1.49 bits per heavy atom. The van der Waals surface area contributed by atoms with Crippen molar-refractivity contribution in [2.75, 3.05) is 26.7 Å². The number of aliphatic imine (C=N–C) groups is 2. The van der Waals surface area contributed by atoms with Crippen LogP contribution in [0.4, 0.5) is 4.79 Å². The van der Waals surface area contributed by atoms with Crippen molar-refractivity contribution in [3.63, 3.8) is 0 Å². The number of hydrogen-bond acceptors (Lipinski definition) is 7. The summed E-state index contributed by atoms with van der Waals surface area (Å²) in [5, 5.41) is 2.71. The highest BCUT2D eigenvalue weighted by atomic mass is 16.5. The summed E-state index contributed by atoms with van der Waals surface area (Å²) in [5.74, 6) is -0.129. The summed E-state index contributed by atoms with van der Waals surface area (Å²) in [7, 11) is 1.30. The van der Waals surface area contributed by atoms with Crippen LogP contribution in [0.25, 0.3) is 22.3 Å². The van der Waals surface area contributed by atoms with Crippen molar-refractivity contribution in [3.05, 3.63) is 72.1 Å². The Kier molecular flexibility index (Phi) is 9.68. The maximum absolute atomic E-state index is 13.5. The van der Waals surface area contributed by atoms with Gasteiger partial charge in [0.25, 0.3) is 0 Å². The van der Waals surface area contributed by atoms with Crippen molar-refractivity contribution < 1.29 is 19.1 Å². The number of amides is 3. The lowest BCUT2D eigenvalue weighted by Gasteiger charge is -2.31. The first-order valence-corrected chi connectivity index (χ1v) is 16.6. The number of likely N-dealkylation sites (tertiary alicyclic amines) is 2. The van der Waals surface area contributed by atoms with E-state index in [1.54, 1.807) is 0 Å². The molecule has 3 atom stereocenters. The van der Waals surface area contributed by atoms with Crippen LogP contribution in [0.3, 0.4) is 0 Å². The minimum atomic E-state index is -0.642. The lowest BCUT2D eigenvalue weighted by atomic mass is 9.95. The maximum Gasteiger partial charge on any atom is 0.407 e. The van der Waals surface area contributed by atoms with Crippen LogP contribution in [0, 0.1) is 5.92 Å². The molecule has 0 saturated carbocycles. The van der Waals surface area contributed by atoms with Gasteiger partial charge in [-0.2, -0.15) is 0 Å². The van der Waals surface area contributed by atoms with Crippen LogP contribution >= 0.6 is 0 Å². The molecule has 3 N–H and O–H groups in total. The average Bonchev–Trinajstić information content (AvgIpc) is 3.87. The summed E-state index contributed by atoms with van der Waals surface area (Å²) in [6.07, 6.45) is 8.14. The van der Waals surface area contributed by atoms with Gasteiger partial charge < -0.3 is 25.6 Å². The number of carbonyl (C=O) groups excluding carboxylic acids is 3. The Labute approximate surface area is 276 Å². The molecular formula is C37H44N6O4. The molecule has 10 nitrogen and oxygen atoms in total. The molecule has 3 amide bonds. The number of ether oxygens (including phenoxy) is 1. The highest BCUT2D eigenvalue weighted by Gasteiger charge is 2.38. The van der Waals surface area contributed by atoms with Crippen LogP contribution in [0.1, 0.15) is 63.5 Å². The third kappa shape index (κ3) is 7.07. The Bertz CT molecular complexity index is 1640. The molecular weight excluding hydrogens is 592 g/mol. The van der Waals surface area contributed by atoms with E-state index in [0.717, 1.165) is 83.5 Å². The van der Waals surface area contributed by atoms with Gasteiger partial charge in [-0.05, 0) is 65.0 Å². The van der Waals surface area contributed by atoms with Crippen LogP contribution in [-0.2, 0) is 14.3 Å². The number of nitrogens with one attached hydrogen (secondary N) is 1. The quantitative estimate of drug-likeness (QED) is 0.398. The number of benzene rings is 2. The zero-order valence-electron chi connectivity index (χ0n) is 27.4. The Morgan fingerprint density at radius 1 is 0.894 bits per heavy atom. The van der Waals surface area contributed by atoms with Crippen molar-refractivity contribution in [2.24, 2.45) is 21.6 Å². The summed E-state index contributed by atoms with van der Waals surface area (Å²) in [4.78, 5) is 50.9. The van der Waals surface area contributed by atoms with Gasteiger partial charge in [0.2, 0.25) is 11.8 Å². The Hall–Kier alpha value is -4.57. The molecule has 0 bridgehead atoms. The van der Waals surface area contributed by atoms with Gasteiger partial charge in [-0.25, -0.2) is 4.79 Å². The second kappa shape index (κ2) is 14.0. The van der Waals surface area contributed by atoms with Crippen LogP contribution in [0.15, 0.2) is 70.9 Å². The summed E-state index contributed by atoms with van der Waals surface area (Å²) < 4.78 is 4.75. The summed E-state index contributed by atoms with van der Waals surface area (Å²) in [6, 6.07) is 16.0. The number of nitrogens with two attached hydrogens (primary N) is 1. The first-order valence-electron chi connectivity index (χ1n) is 16.6. The number of carbonyl (C=O) groups is 3.